The Labute approximate surface area is 143 Å². The van der Waals surface area contributed by atoms with Crippen LogP contribution in [0, 0.1) is 0 Å². The van der Waals surface area contributed by atoms with Gasteiger partial charge in [0.2, 0.25) is 0 Å². The maximum atomic E-state index is 12.4. The Bertz CT molecular complexity index is 672. The third kappa shape index (κ3) is 4.15. The minimum absolute atomic E-state index is 0.0449. The minimum Gasteiger partial charge on any atom is -0.457 e. The number of hydrogen-bond donors (Lipinski definition) is 1. The van der Waals surface area contributed by atoms with Crippen LogP contribution in [0.2, 0.25) is 0 Å². The van der Waals surface area contributed by atoms with E-state index in [4.69, 9.17) is 4.74 Å². The van der Waals surface area contributed by atoms with Gasteiger partial charge in [-0.3, -0.25) is 9.69 Å². The highest BCUT2D eigenvalue weighted by Gasteiger charge is 2.23. The number of likely N-dealkylation sites (tertiary alicyclic amines) is 1. The van der Waals surface area contributed by atoms with Crippen molar-refractivity contribution >= 4 is 5.91 Å². The van der Waals surface area contributed by atoms with E-state index < -0.39 is 0 Å². The van der Waals surface area contributed by atoms with E-state index in [0.717, 1.165) is 25.3 Å². The molecule has 0 bridgehead atoms. The standard InChI is InChI=1S/C20H24N2O2/c1-2-22-13-7-9-17(22)15-21-20(23)16-8-6-12-19(14-16)24-18-10-4-3-5-11-18/h3-6,8,10-12,14,17H,2,7,9,13,15H2,1H3,(H,21,23)/t17-/m1/s1. The molecule has 4 nitrogen and oxygen atoms in total. The maximum Gasteiger partial charge on any atom is 0.251 e. The number of amides is 1. The number of para-hydroxylation sites is 1. The van der Waals surface area contributed by atoms with Crippen LogP contribution in [0.3, 0.4) is 0 Å². The fourth-order valence-corrected chi connectivity index (χ4v) is 3.18. The van der Waals surface area contributed by atoms with Crippen molar-refractivity contribution in [1.29, 1.82) is 0 Å². The molecule has 0 unspecified atom stereocenters. The molecule has 2 aromatic rings. The third-order valence-electron chi connectivity index (χ3n) is 4.48. The highest BCUT2D eigenvalue weighted by molar-refractivity contribution is 5.94. The first-order valence-electron chi connectivity index (χ1n) is 8.61. The average molecular weight is 324 g/mol. The van der Waals surface area contributed by atoms with Crippen LogP contribution in [0.5, 0.6) is 11.5 Å². The van der Waals surface area contributed by atoms with Gasteiger partial charge >= 0.3 is 0 Å². The van der Waals surface area contributed by atoms with Crippen LogP contribution < -0.4 is 10.1 Å². The molecule has 1 heterocycles. The van der Waals surface area contributed by atoms with Gasteiger partial charge in [-0.25, -0.2) is 0 Å². The Hall–Kier alpha value is -2.33. The molecular formula is C20H24N2O2. The number of benzene rings is 2. The van der Waals surface area contributed by atoms with Gasteiger partial charge in [0.05, 0.1) is 0 Å². The molecule has 0 radical (unpaired) electrons. The van der Waals surface area contributed by atoms with E-state index in [1.54, 1.807) is 6.07 Å². The zero-order valence-electron chi connectivity index (χ0n) is 14.1. The summed E-state index contributed by atoms with van der Waals surface area (Å²) in [6.45, 7) is 5.05. The predicted molar refractivity (Wildman–Crippen MR) is 95.6 cm³/mol. The van der Waals surface area contributed by atoms with Crippen LogP contribution in [-0.4, -0.2) is 36.5 Å². The molecule has 4 heteroatoms. The topological polar surface area (TPSA) is 41.6 Å². The molecule has 2 aromatic carbocycles. The normalized spacial score (nSPS) is 17.6. The van der Waals surface area contributed by atoms with E-state index in [1.165, 1.54) is 6.42 Å². The van der Waals surface area contributed by atoms with Gasteiger partial charge in [-0.15, -0.1) is 0 Å². The lowest BCUT2D eigenvalue weighted by atomic mass is 10.1. The van der Waals surface area contributed by atoms with Crippen LogP contribution >= 0.6 is 0 Å². The zero-order valence-corrected chi connectivity index (χ0v) is 14.1. The van der Waals surface area contributed by atoms with Crippen molar-refractivity contribution in [2.75, 3.05) is 19.6 Å². The van der Waals surface area contributed by atoms with Crippen molar-refractivity contribution in [3.05, 3.63) is 60.2 Å². The van der Waals surface area contributed by atoms with Crippen LogP contribution in [-0.2, 0) is 0 Å². The smallest absolute Gasteiger partial charge is 0.251 e. The van der Waals surface area contributed by atoms with Crippen molar-refractivity contribution in [3.8, 4) is 11.5 Å². The maximum absolute atomic E-state index is 12.4. The van der Waals surface area contributed by atoms with E-state index in [9.17, 15) is 4.79 Å². The summed E-state index contributed by atoms with van der Waals surface area (Å²) in [5, 5.41) is 3.06. The van der Waals surface area contributed by atoms with Gasteiger partial charge in [-0.1, -0.05) is 31.2 Å². The molecule has 24 heavy (non-hydrogen) atoms. The van der Waals surface area contributed by atoms with Gasteiger partial charge in [0, 0.05) is 18.2 Å². The molecule has 0 spiro atoms. The number of rotatable bonds is 6. The quantitative estimate of drug-likeness (QED) is 0.881. The molecule has 1 N–H and O–H groups in total. The van der Waals surface area contributed by atoms with Crippen LogP contribution in [0.25, 0.3) is 0 Å². The molecule has 1 aliphatic heterocycles. The van der Waals surface area contributed by atoms with Gasteiger partial charge in [-0.05, 0) is 56.3 Å². The summed E-state index contributed by atoms with van der Waals surface area (Å²) in [6, 6.07) is 17.4. The third-order valence-corrected chi connectivity index (χ3v) is 4.48. The number of ether oxygens (including phenoxy) is 1. The summed E-state index contributed by atoms with van der Waals surface area (Å²) < 4.78 is 5.79. The molecule has 1 saturated heterocycles. The van der Waals surface area contributed by atoms with Crippen molar-refractivity contribution in [3.63, 3.8) is 0 Å². The molecule has 0 saturated carbocycles. The molecule has 126 valence electrons. The highest BCUT2D eigenvalue weighted by atomic mass is 16.5. The molecule has 0 aliphatic carbocycles. The minimum atomic E-state index is -0.0449. The fraction of sp³-hybridized carbons (Fsp3) is 0.350. The van der Waals surface area contributed by atoms with E-state index in [0.29, 0.717) is 23.9 Å². The first-order chi connectivity index (χ1) is 11.8. The van der Waals surface area contributed by atoms with Gasteiger partial charge < -0.3 is 10.1 Å². The Morgan fingerprint density at radius 1 is 1.17 bits per heavy atom. The largest absolute Gasteiger partial charge is 0.457 e. The SMILES string of the molecule is CCN1CCC[C@@H]1CNC(=O)c1cccc(Oc2ccccc2)c1. The lowest BCUT2D eigenvalue weighted by molar-refractivity contribution is 0.0941. The zero-order chi connectivity index (χ0) is 16.8. The van der Waals surface area contributed by atoms with Gasteiger partial charge in [0.25, 0.3) is 5.91 Å². The van der Waals surface area contributed by atoms with Gasteiger partial charge in [-0.2, -0.15) is 0 Å². The Morgan fingerprint density at radius 3 is 2.75 bits per heavy atom. The van der Waals surface area contributed by atoms with Crippen LogP contribution in [0.15, 0.2) is 54.6 Å². The monoisotopic (exact) mass is 324 g/mol. The summed E-state index contributed by atoms with van der Waals surface area (Å²) in [6.07, 6.45) is 2.38. The Balaban J connectivity index is 1.60. The molecule has 1 fully saturated rings. The second-order valence-electron chi connectivity index (χ2n) is 6.08. The summed E-state index contributed by atoms with van der Waals surface area (Å²) in [7, 11) is 0. The summed E-state index contributed by atoms with van der Waals surface area (Å²) >= 11 is 0. The van der Waals surface area contributed by atoms with Crippen molar-refractivity contribution in [1.82, 2.24) is 10.2 Å². The number of likely N-dealkylation sites (N-methyl/N-ethyl adjacent to an activating group) is 1. The highest BCUT2D eigenvalue weighted by Crippen LogP contribution is 2.22. The molecule has 3 rings (SSSR count). The van der Waals surface area contributed by atoms with Crippen LogP contribution in [0.1, 0.15) is 30.1 Å². The second kappa shape index (κ2) is 7.97. The molecule has 1 atom stereocenters. The van der Waals surface area contributed by atoms with Crippen molar-refractivity contribution in [2.24, 2.45) is 0 Å². The van der Waals surface area contributed by atoms with E-state index >= 15 is 0 Å². The fourth-order valence-electron chi connectivity index (χ4n) is 3.18. The first kappa shape index (κ1) is 16.5. The number of hydrogen-bond acceptors (Lipinski definition) is 3. The van der Waals surface area contributed by atoms with E-state index in [-0.39, 0.29) is 5.91 Å². The number of nitrogens with one attached hydrogen (secondary N) is 1. The molecule has 0 aromatic heterocycles. The first-order valence-corrected chi connectivity index (χ1v) is 8.61. The summed E-state index contributed by atoms with van der Waals surface area (Å²) in [5.41, 5.74) is 0.629. The number of nitrogens with zero attached hydrogens (tertiary/aromatic N) is 1. The van der Waals surface area contributed by atoms with Gasteiger partial charge in [0.1, 0.15) is 11.5 Å². The van der Waals surface area contributed by atoms with Crippen LogP contribution in [0.4, 0.5) is 0 Å². The number of carbonyl (C=O) groups excluding carboxylic acids is 1. The molecule has 1 aliphatic rings. The van der Waals surface area contributed by atoms with E-state index in [1.807, 2.05) is 48.5 Å². The summed E-state index contributed by atoms with van der Waals surface area (Å²) in [5.74, 6) is 1.39. The summed E-state index contributed by atoms with van der Waals surface area (Å²) in [4.78, 5) is 14.8. The average Bonchev–Trinajstić information content (AvgIpc) is 3.08. The second-order valence-corrected chi connectivity index (χ2v) is 6.08. The molecular weight excluding hydrogens is 300 g/mol. The Kier molecular flexibility index (Phi) is 5.49. The number of carbonyl (C=O) groups is 1. The lowest BCUT2D eigenvalue weighted by Crippen LogP contribution is -2.40. The van der Waals surface area contributed by atoms with Crippen molar-refractivity contribution < 1.29 is 9.53 Å². The van der Waals surface area contributed by atoms with E-state index in [2.05, 4.69) is 17.1 Å². The predicted octanol–water partition coefficient (Wildman–Crippen LogP) is 3.69. The Morgan fingerprint density at radius 2 is 1.96 bits per heavy atom. The van der Waals surface area contributed by atoms with Crippen molar-refractivity contribution in [2.45, 2.75) is 25.8 Å². The molecule has 1 amide bonds. The lowest BCUT2D eigenvalue weighted by Gasteiger charge is -2.22. The van der Waals surface area contributed by atoms with Gasteiger partial charge in [0.15, 0.2) is 0 Å².